The third-order valence-corrected chi connectivity index (χ3v) is 4.99. The van der Waals surface area contributed by atoms with Gasteiger partial charge in [0.25, 0.3) is 5.91 Å². The second-order valence-corrected chi connectivity index (χ2v) is 6.53. The number of amides is 1. The van der Waals surface area contributed by atoms with E-state index < -0.39 is 5.97 Å². The van der Waals surface area contributed by atoms with Crippen molar-refractivity contribution in [1.29, 1.82) is 0 Å². The van der Waals surface area contributed by atoms with Crippen molar-refractivity contribution < 1.29 is 19.1 Å². The van der Waals surface area contributed by atoms with Gasteiger partial charge in [0, 0.05) is 12.0 Å². The Morgan fingerprint density at radius 3 is 2.55 bits per heavy atom. The molecule has 22 heavy (non-hydrogen) atoms. The van der Waals surface area contributed by atoms with Crippen molar-refractivity contribution in [2.24, 2.45) is 0 Å². The SMILES string of the molecule is O=C(O)c1ccc(C(=O)NCC2(c3cccc(F)c3)CC2)s1. The number of thiophene rings is 1. The number of nitrogens with one attached hydrogen (secondary N) is 1. The van der Waals surface area contributed by atoms with Gasteiger partial charge in [0.1, 0.15) is 10.7 Å². The Kier molecular flexibility index (Phi) is 3.70. The fraction of sp³-hybridized carbons (Fsp3) is 0.250. The van der Waals surface area contributed by atoms with Crippen LogP contribution in [-0.2, 0) is 5.41 Å². The van der Waals surface area contributed by atoms with Gasteiger partial charge in [0.2, 0.25) is 0 Å². The van der Waals surface area contributed by atoms with E-state index in [9.17, 15) is 14.0 Å². The maximum atomic E-state index is 13.3. The third-order valence-electron chi connectivity index (χ3n) is 3.92. The largest absolute Gasteiger partial charge is 0.477 e. The first-order chi connectivity index (χ1) is 10.5. The van der Waals surface area contributed by atoms with E-state index in [0.29, 0.717) is 11.4 Å². The fourth-order valence-corrected chi connectivity index (χ4v) is 3.21. The number of carbonyl (C=O) groups excluding carboxylic acids is 1. The summed E-state index contributed by atoms with van der Waals surface area (Å²) in [6.07, 6.45) is 1.81. The molecule has 1 saturated carbocycles. The second kappa shape index (κ2) is 5.53. The van der Waals surface area contributed by atoms with Crippen molar-refractivity contribution in [1.82, 2.24) is 5.32 Å². The van der Waals surface area contributed by atoms with Gasteiger partial charge in [-0.05, 0) is 42.7 Å². The first-order valence-corrected chi connectivity index (χ1v) is 7.69. The van der Waals surface area contributed by atoms with Gasteiger partial charge in [0.05, 0.1) is 4.88 Å². The lowest BCUT2D eigenvalue weighted by molar-refractivity contribution is 0.0702. The molecule has 4 nitrogen and oxygen atoms in total. The van der Waals surface area contributed by atoms with E-state index >= 15 is 0 Å². The Morgan fingerprint density at radius 2 is 1.95 bits per heavy atom. The standard InChI is InChI=1S/C16H14FNO3S/c17-11-3-1-2-10(8-11)16(6-7-16)9-18-14(19)12-4-5-13(22-12)15(20)21/h1-5,8H,6-7,9H2,(H,18,19)(H,20,21). The predicted octanol–water partition coefficient (Wildman–Crippen LogP) is 3.05. The van der Waals surface area contributed by atoms with Crippen LogP contribution in [0.1, 0.15) is 37.7 Å². The highest BCUT2D eigenvalue weighted by atomic mass is 32.1. The summed E-state index contributed by atoms with van der Waals surface area (Å²) in [7, 11) is 0. The van der Waals surface area contributed by atoms with E-state index in [2.05, 4.69) is 5.32 Å². The zero-order valence-corrected chi connectivity index (χ0v) is 12.5. The zero-order valence-electron chi connectivity index (χ0n) is 11.6. The van der Waals surface area contributed by atoms with E-state index in [1.165, 1.54) is 24.3 Å². The van der Waals surface area contributed by atoms with Crippen LogP contribution in [0.2, 0.25) is 0 Å². The molecule has 2 N–H and O–H groups in total. The summed E-state index contributed by atoms with van der Waals surface area (Å²) in [6.45, 7) is 0.426. The maximum absolute atomic E-state index is 13.3. The van der Waals surface area contributed by atoms with Crippen LogP contribution < -0.4 is 5.32 Å². The van der Waals surface area contributed by atoms with Gasteiger partial charge in [0.15, 0.2) is 0 Å². The predicted molar refractivity (Wildman–Crippen MR) is 80.9 cm³/mol. The summed E-state index contributed by atoms with van der Waals surface area (Å²) in [5, 5.41) is 11.7. The number of aromatic carboxylic acids is 1. The van der Waals surface area contributed by atoms with Crippen LogP contribution in [-0.4, -0.2) is 23.5 Å². The summed E-state index contributed by atoms with van der Waals surface area (Å²) in [5.74, 6) is -1.61. The lowest BCUT2D eigenvalue weighted by Crippen LogP contribution is -2.31. The minimum atomic E-state index is -1.04. The molecule has 114 valence electrons. The number of carboxylic acids is 1. The lowest BCUT2D eigenvalue weighted by atomic mass is 9.96. The zero-order chi connectivity index (χ0) is 15.7. The van der Waals surface area contributed by atoms with Gasteiger partial charge in [-0.2, -0.15) is 0 Å². The van der Waals surface area contributed by atoms with E-state index in [-0.39, 0.29) is 22.0 Å². The van der Waals surface area contributed by atoms with Gasteiger partial charge in [-0.1, -0.05) is 12.1 Å². The highest BCUT2D eigenvalue weighted by Gasteiger charge is 2.44. The van der Waals surface area contributed by atoms with Crippen molar-refractivity contribution in [2.45, 2.75) is 18.3 Å². The van der Waals surface area contributed by atoms with E-state index in [4.69, 9.17) is 5.11 Å². The van der Waals surface area contributed by atoms with Crippen molar-refractivity contribution in [3.8, 4) is 0 Å². The van der Waals surface area contributed by atoms with E-state index in [1.807, 2.05) is 6.07 Å². The summed E-state index contributed by atoms with van der Waals surface area (Å²) in [6, 6.07) is 9.37. The van der Waals surface area contributed by atoms with Gasteiger partial charge < -0.3 is 10.4 Å². The number of benzene rings is 1. The maximum Gasteiger partial charge on any atom is 0.345 e. The topological polar surface area (TPSA) is 66.4 Å². The summed E-state index contributed by atoms with van der Waals surface area (Å²) < 4.78 is 13.3. The van der Waals surface area contributed by atoms with Crippen molar-refractivity contribution in [2.75, 3.05) is 6.54 Å². The molecular weight excluding hydrogens is 305 g/mol. The Labute approximate surface area is 130 Å². The number of carboxylic acid groups (broad SMARTS) is 1. The minimum absolute atomic E-state index is 0.136. The van der Waals surface area contributed by atoms with Crippen molar-refractivity contribution in [3.63, 3.8) is 0 Å². The molecule has 0 radical (unpaired) electrons. The highest BCUT2D eigenvalue weighted by Crippen LogP contribution is 2.47. The number of halogens is 1. The van der Waals surface area contributed by atoms with Crippen LogP contribution in [0.25, 0.3) is 0 Å². The summed E-state index contributed by atoms with van der Waals surface area (Å²) in [4.78, 5) is 23.4. The molecule has 1 fully saturated rings. The van der Waals surface area contributed by atoms with Crippen LogP contribution in [0.15, 0.2) is 36.4 Å². The van der Waals surface area contributed by atoms with Crippen molar-refractivity contribution in [3.05, 3.63) is 57.5 Å². The quantitative estimate of drug-likeness (QED) is 0.890. The lowest BCUT2D eigenvalue weighted by Gasteiger charge is -2.16. The molecule has 1 aliphatic rings. The highest BCUT2D eigenvalue weighted by molar-refractivity contribution is 7.15. The van der Waals surface area contributed by atoms with E-state index in [0.717, 1.165) is 29.7 Å². The average Bonchev–Trinajstić information content (AvgIpc) is 3.11. The summed E-state index contributed by atoms with van der Waals surface area (Å²) >= 11 is 0.947. The van der Waals surface area contributed by atoms with Gasteiger partial charge in [-0.3, -0.25) is 4.79 Å². The van der Waals surface area contributed by atoms with E-state index in [1.54, 1.807) is 6.07 Å². The van der Waals surface area contributed by atoms with Gasteiger partial charge in [-0.15, -0.1) is 11.3 Å². The Hall–Kier alpha value is -2.21. The average molecular weight is 319 g/mol. The molecule has 1 aromatic carbocycles. The molecule has 1 amide bonds. The summed E-state index contributed by atoms with van der Waals surface area (Å²) in [5.41, 5.74) is 0.704. The Morgan fingerprint density at radius 1 is 1.23 bits per heavy atom. The molecule has 0 saturated heterocycles. The molecule has 6 heteroatoms. The van der Waals surface area contributed by atoms with Crippen molar-refractivity contribution >= 4 is 23.2 Å². The van der Waals surface area contributed by atoms with Crippen LogP contribution in [0.4, 0.5) is 4.39 Å². The van der Waals surface area contributed by atoms with Crippen LogP contribution in [0.5, 0.6) is 0 Å². The number of hydrogen-bond acceptors (Lipinski definition) is 3. The fourth-order valence-electron chi connectivity index (χ4n) is 2.45. The molecule has 0 spiro atoms. The minimum Gasteiger partial charge on any atom is -0.477 e. The molecule has 1 aromatic heterocycles. The van der Waals surface area contributed by atoms with Gasteiger partial charge in [-0.25, -0.2) is 9.18 Å². The molecule has 0 unspecified atom stereocenters. The molecule has 3 rings (SSSR count). The monoisotopic (exact) mass is 319 g/mol. The van der Waals surface area contributed by atoms with Crippen LogP contribution in [0, 0.1) is 5.82 Å². The molecular formula is C16H14FNO3S. The molecule has 1 heterocycles. The third kappa shape index (κ3) is 2.87. The first-order valence-electron chi connectivity index (χ1n) is 6.88. The number of rotatable bonds is 5. The second-order valence-electron chi connectivity index (χ2n) is 5.44. The van der Waals surface area contributed by atoms with Gasteiger partial charge >= 0.3 is 5.97 Å². The molecule has 0 bridgehead atoms. The first kappa shape index (κ1) is 14.7. The Bertz CT molecular complexity index is 736. The number of carbonyl (C=O) groups is 2. The Balaban J connectivity index is 1.67. The molecule has 1 aliphatic carbocycles. The smallest absolute Gasteiger partial charge is 0.345 e. The number of hydrogen-bond donors (Lipinski definition) is 2. The van der Waals surface area contributed by atoms with Crippen LogP contribution in [0.3, 0.4) is 0 Å². The normalized spacial score (nSPS) is 15.3. The molecule has 0 aliphatic heterocycles. The van der Waals surface area contributed by atoms with Crippen LogP contribution >= 0.6 is 11.3 Å². The molecule has 0 atom stereocenters. The molecule has 2 aromatic rings.